The molecule has 0 aliphatic carbocycles. The van der Waals surface area contributed by atoms with E-state index in [1.54, 1.807) is 25.1 Å². The van der Waals surface area contributed by atoms with Crippen molar-refractivity contribution in [2.45, 2.75) is 6.92 Å². The van der Waals surface area contributed by atoms with Crippen LogP contribution in [0.4, 0.5) is 15.8 Å². The lowest BCUT2D eigenvalue weighted by Crippen LogP contribution is -2.01. The lowest BCUT2D eigenvalue weighted by Gasteiger charge is -2.09. The Kier molecular flexibility index (Phi) is 3.67. The van der Waals surface area contributed by atoms with Gasteiger partial charge in [0.1, 0.15) is 5.82 Å². The van der Waals surface area contributed by atoms with Gasteiger partial charge in [-0.3, -0.25) is 0 Å². The molecule has 0 atom stereocenters. The highest BCUT2D eigenvalue weighted by atomic mass is 19.1. The van der Waals surface area contributed by atoms with Gasteiger partial charge >= 0.3 is 5.97 Å². The van der Waals surface area contributed by atoms with Crippen LogP contribution >= 0.6 is 0 Å². The van der Waals surface area contributed by atoms with Crippen molar-refractivity contribution in [3.8, 4) is 6.07 Å². The SMILES string of the molecule is Cc1cc(Nc2ccc(C(=O)O)c(F)c2)ccc1C#N. The van der Waals surface area contributed by atoms with Crippen molar-refractivity contribution >= 4 is 17.3 Å². The quantitative estimate of drug-likeness (QED) is 0.895. The third-order valence-electron chi connectivity index (χ3n) is 2.84. The highest BCUT2D eigenvalue weighted by Gasteiger charge is 2.10. The smallest absolute Gasteiger partial charge is 0.338 e. The number of nitrogens with one attached hydrogen (secondary N) is 1. The number of anilines is 2. The zero-order valence-corrected chi connectivity index (χ0v) is 10.6. The van der Waals surface area contributed by atoms with Crippen molar-refractivity contribution in [2.75, 3.05) is 5.32 Å². The summed E-state index contributed by atoms with van der Waals surface area (Å²) in [6, 6.07) is 11.0. The van der Waals surface area contributed by atoms with E-state index in [0.717, 1.165) is 11.6 Å². The Bertz CT molecular complexity index is 720. The second-order valence-corrected chi connectivity index (χ2v) is 4.27. The van der Waals surface area contributed by atoms with Gasteiger partial charge in [-0.15, -0.1) is 0 Å². The Morgan fingerprint density at radius 1 is 1.25 bits per heavy atom. The van der Waals surface area contributed by atoms with Gasteiger partial charge in [-0.25, -0.2) is 9.18 Å². The van der Waals surface area contributed by atoms with Crippen molar-refractivity contribution in [1.82, 2.24) is 0 Å². The summed E-state index contributed by atoms with van der Waals surface area (Å²) in [6.45, 7) is 1.80. The lowest BCUT2D eigenvalue weighted by molar-refractivity contribution is 0.0692. The Hall–Kier alpha value is -2.87. The molecule has 0 aromatic heterocycles. The molecule has 0 heterocycles. The van der Waals surface area contributed by atoms with E-state index in [1.807, 2.05) is 0 Å². The first-order valence-corrected chi connectivity index (χ1v) is 5.82. The fourth-order valence-electron chi connectivity index (χ4n) is 1.80. The fraction of sp³-hybridized carbons (Fsp3) is 0.0667. The number of halogens is 1. The van der Waals surface area contributed by atoms with E-state index in [0.29, 0.717) is 16.9 Å². The van der Waals surface area contributed by atoms with Crippen molar-refractivity contribution in [2.24, 2.45) is 0 Å². The standard InChI is InChI=1S/C15H11FN2O2/c1-9-6-11(3-2-10(9)8-17)18-12-4-5-13(15(19)20)14(16)7-12/h2-7,18H,1H3,(H,19,20). The Morgan fingerprint density at radius 2 is 1.90 bits per heavy atom. The van der Waals surface area contributed by atoms with E-state index in [1.165, 1.54) is 12.1 Å². The van der Waals surface area contributed by atoms with Crippen LogP contribution < -0.4 is 5.32 Å². The van der Waals surface area contributed by atoms with Crippen molar-refractivity contribution in [3.05, 3.63) is 58.9 Å². The first-order valence-electron chi connectivity index (χ1n) is 5.82. The normalized spacial score (nSPS) is 9.85. The van der Waals surface area contributed by atoms with Crippen LogP contribution in [0.1, 0.15) is 21.5 Å². The van der Waals surface area contributed by atoms with Gasteiger partial charge in [0.25, 0.3) is 0 Å². The van der Waals surface area contributed by atoms with Crippen LogP contribution in [0.5, 0.6) is 0 Å². The van der Waals surface area contributed by atoms with E-state index in [2.05, 4.69) is 11.4 Å². The number of aryl methyl sites for hydroxylation is 1. The van der Waals surface area contributed by atoms with Gasteiger partial charge < -0.3 is 10.4 Å². The number of carboxylic acids is 1. The van der Waals surface area contributed by atoms with Gasteiger partial charge in [0.15, 0.2) is 0 Å². The number of nitriles is 1. The number of benzene rings is 2. The van der Waals surface area contributed by atoms with Crippen molar-refractivity contribution < 1.29 is 14.3 Å². The molecular formula is C15H11FN2O2. The Labute approximate surface area is 115 Å². The number of nitrogens with zero attached hydrogens (tertiary/aromatic N) is 1. The van der Waals surface area contributed by atoms with Gasteiger partial charge in [0.05, 0.1) is 17.2 Å². The second kappa shape index (κ2) is 5.41. The third-order valence-corrected chi connectivity index (χ3v) is 2.84. The summed E-state index contributed by atoms with van der Waals surface area (Å²) in [4.78, 5) is 10.7. The predicted molar refractivity (Wildman–Crippen MR) is 72.5 cm³/mol. The maximum Gasteiger partial charge on any atom is 0.338 e. The number of aromatic carboxylic acids is 1. The second-order valence-electron chi connectivity index (χ2n) is 4.27. The molecule has 4 nitrogen and oxygen atoms in total. The summed E-state index contributed by atoms with van der Waals surface area (Å²) in [5.41, 5.74) is 2.15. The summed E-state index contributed by atoms with van der Waals surface area (Å²) in [7, 11) is 0. The van der Waals surface area contributed by atoms with E-state index < -0.39 is 11.8 Å². The predicted octanol–water partition coefficient (Wildman–Crippen LogP) is 3.45. The van der Waals surface area contributed by atoms with Crippen LogP contribution in [0.3, 0.4) is 0 Å². The molecule has 0 amide bonds. The van der Waals surface area contributed by atoms with Crippen LogP contribution in [-0.2, 0) is 0 Å². The molecule has 0 bridgehead atoms. The fourth-order valence-corrected chi connectivity index (χ4v) is 1.80. The van der Waals surface area contributed by atoms with Crippen LogP contribution in [0.2, 0.25) is 0 Å². The highest BCUT2D eigenvalue weighted by molar-refractivity contribution is 5.88. The topological polar surface area (TPSA) is 73.1 Å². The minimum Gasteiger partial charge on any atom is -0.478 e. The molecule has 0 saturated heterocycles. The molecule has 2 aromatic carbocycles. The molecular weight excluding hydrogens is 259 g/mol. The third kappa shape index (κ3) is 2.75. The van der Waals surface area contributed by atoms with Gasteiger partial charge in [-0.05, 0) is 48.9 Å². The summed E-state index contributed by atoms with van der Waals surface area (Å²) in [6.07, 6.45) is 0. The van der Waals surface area contributed by atoms with Crippen LogP contribution in [0.25, 0.3) is 0 Å². The van der Waals surface area contributed by atoms with Gasteiger partial charge in [0, 0.05) is 11.4 Å². The molecule has 2 rings (SSSR count). The number of hydrogen-bond donors (Lipinski definition) is 2. The Balaban J connectivity index is 2.27. The Morgan fingerprint density at radius 3 is 2.45 bits per heavy atom. The average molecular weight is 270 g/mol. The van der Waals surface area contributed by atoms with Gasteiger partial charge in [0.2, 0.25) is 0 Å². The molecule has 0 unspecified atom stereocenters. The molecule has 2 aromatic rings. The zero-order chi connectivity index (χ0) is 14.7. The molecule has 100 valence electrons. The molecule has 0 radical (unpaired) electrons. The van der Waals surface area contributed by atoms with E-state index in [9.17, 15) is 9.18 Å². The first-order chi connectivity index (χ1) is 9.51. The molecule has 0 saturated carbocycles. The minimum absolute atomic E-state index is 0.369. The lowest BCUT2D eigenvalue weighted by atomic mass is 10.1. The molecule has 20 heavy (non-hydrogen) atoms. The molecule has 0 aliphatic rings. The molecule has 5 heteroatoms. The van der Waals surface area contributed by atoms with Crippen molar-refractivity contribution in [3.63, 3.8) is 0 Å². The largest absolute Gasteiger partial charge is 0.478 e. The number of hydrogen-bond acceptors (Lipinski definition) is 3. The summed E-state index contributed by atoms with van der Waals surface area (Å²) in [5.74, 6) is -2.10. The monoisotopic (exact) mass is 270 g/mol. The minimum atomic E-state index is -1.30. The number of carboxylic acid groups (broad SMARTS) is 1. The van der Waals surface area contributed by atoms with Crippen LogP contribution in [0.15, 0.2) is 36.4 Å². The van der Waals surface area contributed by atoms with Crippen LogP contribution in [0, 0.1) is 24.1 Å². The van der Waals surface area contributed by atoms with E-state index in [4.69, 9.17) is 10.4 Å². The zero-order valence-electron chi connectivity index (χ0n) is 10.6. The summed E-state index contributed by atoms with van der Waals surface area (Å²) in [5, 5.41) is 20.6. The summed E-state index contributed by atoms with van der Waals surface area (Å²) < 4.78 is 13.5. The maximum absolute atomic E-state index is 13.5. The first kappa shape index (κ1) is 13.6. The van der Waals surface area contributed by atoms with Crippen molar-refractivity contribution in [1.29, 1.82) is 5.26 Å². The maximum atomic E-state index is 13.5. The summed E-state index contributed by atoms with van der Waals surface area (Å²) >= 11 is 0. The molecule has 0 spiro atoms. The highest BCUT2D eigenvalue weighted by Crippen LogP contribution is 2.21. The molecule has 0 aliphatic heterocycles. The number of rotatable bonds is 3. The van der Waals surface area contributed by atoms with E-state index >= 15 is 0 Å². The van der Waals surface area contributed by atoms with E-state index in [-0.39, 0.29) is 5.56 Å². The average Bonchev–Trinajstić information content (AvgIpc) is 2.38. The number of carbonyl (C=O) groups is 1. The van der Waals surface area contributed by atoms with Crippen LogP contribution in [-0.4, -0.2) is 11.1 Å². The molecule has 2 N–H and O–H groups in total. The van der Waals surface area contributed by atoms with Gasteiger partial charge in [-0.2, -0.15) is 5.26 Å². The molecule has 0 fully saturated rings. The van der Waals surface area contributed by atoms with Gasteiger partial charge in [-0.1, -0.05) is 0 Å².